The van der Waals surface area contributed by atoms with Gasteiger partial charge in [-0.3, -0.25) is 9.78 Å². The summed E-state index contributed by atoms with van der Waals surface area (Å²) < 4.78 is 0. The van der Waals surface area contributed by atoms with Crippen molar-refractivity contribution in [1.82, 2.24) is 9.88 Å². The summed E-state index contributed by atoms with van der Waals surface area (Å²) in [5.74, 6) is -0.00653. The number of pyridine rings is 1. The van der Waals surface area contributed by atoms with E-state index in [-0.39, 0.29) is 5.91 Å². The third-order valence-electron chi connectivity index (χ3n) is 3.09. The van der Waals surface area contributed by atoms with Crippen LogP contribution in [0.4, 0.5) is 0 Å². The van der Waals surface area contributed by atoms with Crippen LogP contribution in [0.1, 0.15) is 25.0 Å². The number of carbonyl (C=O) groups excluding carboxylic acids is 1. The molecule has 0 radical (unpaired) electrons. The molecular weight excluding hydrogens is 240 g/mol. The quantitative estimate of drug-likeness (QED) is 0.671. The van der Waals surface area contributed by atoms with E-state index in [0.29, 0.717) is 19.5 Å². The third-order valence-corrected chi connectivity index (χ3v) is 3.09. The number of likely N-dealkylation sites (N-methyl/N-ethyl adjacent to an activating group) is 1. The first-order valence-electron chi connectivity index (χ1n) is 6.75. The molecule has 0 aliphatic heterocycles. The number of nitrogens with two attached hydrogens (primary N) is 2. The van der Waals surface area contributed by atoms with Crippen LogP contribution in [-0.4, -0.2) is 42.0 Å². The molecule has 106 valence electrons. The predicted octanol–water partition coefficient (Wildman–Crippen LogP) is 0.539. The second kappa shape index (κ2) is 8.61. The van der Waals surface area contributed by atoms with Gasteiger partial charge in [0.25, 0.3) is 0 Å². The van der Waals surface area contributed by atoms with Crippen molar-refractivity contribution in [2.75, 3.05) is 20.1 Å². The number of rotatable bonds is 8. The molecule has 1 aromatic heterocycles. The van der Waals surface area contributed by atoms with Crippen molar-refractivity contribution in [3.63, 3.8) is 0 Å². The standard InChI is InChI=1S/C14H24N4O/c1-18(11-8-12-6-3-5-10-17-12)14(19)13(16)7-2-4-9-15/h3,5-6,10,13H,2,4,7-9,11,15-16H2,1H3. The Hall–Kier alpha value is -1.46. The lowest BCUT2D eigenvalue weighted by atomic mass is 10.1. The van der Waals surface area contributed by atoms with Gasteiger partial charge in [-0.25, -0.2) is 0 Å². The van der Waals surface area contributed by atoms with Crippen LogP contribution in [0.5, 0.6) is 0 Å². The molecule has 4 N–H and O–H groups in total. The topological polar surface area (TPSA) is 85.2 Å². The van der Waals surface area contributed by atoms with E-state index in [1.54, 1.807) is 18.1 Å². The minimum Gasteiger partial charge on any atom is -0.344 e. The second-order valence-electron chi connectivity index (χ2n) is 4.72. The maximum absolute atomic E-state index is 12.0. The van der Waals surface area contributed by atoms with Gasteiger partial charge >= 0.3 is 0 Å². The molecule has 0 aliphatic rings. The van der Waals surface area contributed by atoms with E-state index in [0.717, 1.165) is 25.0 Å². The van der Waals surface area contributed by atoms with Gasteiger partial charge in [-0.2, -0.15) is 0 Å². The minimum atomic E-state index is -0.416. The van der Waals surface area contributed by atoms with Crippen molar-refractivity contribution in [2.24, 2.45) is 11.5 Å². The SMILES string of the molecule is CN(CCc1ccccn1)C(=O)C(N)CCCCN. The van der Waals surface area contributed by atoms with Crippen LogP contribution in [0.3, 0.4) is 0 Å². The average Bonchev–Trinajstić information content (AvgIpc) is 2.45. The minimum absolute atomic E-state index is 0.00653. The van der Waals surface area contributed by atoms with E-state index in [1.807, 2.05) is 18.2 Å². The van der Waals surface area contributed by atoms with Gasteiger partial charge in [0.15, 0.2) is 0 Å². The van der Waals surface area contributed by atoms with Gasteiger partial charge in [0.05, 0.1) is 6.04 Å². The summed E-state index contributed by atoms with van der Waals surface area (Å²) in [6.07, 6.45) is 5.02. The number of amides is 1. The molecule has 1 amide bonds. The zero-order chi connectivity index (χ0) is 14.1. The molecule has 0 bridgehead atoms. The molecule has 0 aromatic carbocycles. The van der Waals surface area contributed by atoms with Crippen molar-refractivity contribution in [2.45, 2.75) is 31.7 Å². The van der Waals surface area contributed by atoms with Gasteiger partial charge in [0, 0.05) is 31.9 Å². The highest BCUT2D eigenvalue weighted by atomic mass is 16.2. The van der Waals surface area contributed by atoms with E-state index in [4.69, 9.17) is 11.5 Å². The molecule has 0 saturated heterocycles. The first-order chi connectivity index (χ1) is 9.15. The van der Waals surface area contributed by atoms with E-state index >= 15 is 0 Å². The molecule has 1 aromatic rings. The summed E-state index contributed by atoms with van der Waals surface area (Å²) in [5, 5.41) is 0. The number of unbranched alkanes of at least 4 members (excludes halogenated alkanes) is 1. The van der Waals surface area contributed by atoms with E-state index in [1.165, 1.54) is 0 Å². The number of nitrogens with zero attached hydrogens (tertiary/aromatic N) is 2. The smallest absolute Gasteiger partial charge is 0.239 e. The molecule has 19 heavy (non-hydrogen) atoms. The molecule has 0 spiro atoms. The summed E-state index contributed by atoms with van der Waals surface area (Å²) in [6.45, 7) is 1.29. The molecular formula is C14H24N4O. The zero-order valence-electron chi connectivity index (χ0n) is 11.6. The maximum atomic E-state index is 12.0. The van der Waals surface area contributed by atoms with Gasteiger partial charge in [-0.1, -0.05) is 12.5 Å². The zero-order valence-corrected chi connectivity index (χ0v) is 11.6. The number of carbonyl (C=O) groups is 1. The molecule has 5 nitrogen and oxygen atoms in total. The first kappa shape index (κ1) is 15.6. The molecule has 0 fully saturated rings. The Labute approximate surface area is 115 Å². The van der Waals surface area contributed by atoms with Gasteiger partial charge in [-0.05, 0) is 31.5 Å². The van der Waals surface area contributed by atoms with Crippen LogP contribution in [0.15, 0.2) is 24.4 Å². The lowest BCUT2D eigenvalue weighted by Crippen LogP contribution is -2.42. The van der Waals surface area contributed by atoms with Crippen LogP contribution in [-0.2, 0) is 11.2 Å². The van der Waals surface area contributed by atoms with E-state index in [9.17, 15) is 4.79 Å². The monoisotopic (exact) mass is 264 g/mol. The third kappa shape index (κ3) is 5.81. The Morgan fingerprint density at radius 1 is 1.42 bits per heavy atom. The van der Waals surface area contributed by atoms with Crippen molar-refractivity contribution >= 4 is 5.91 Å². The van der Waals surface area contributed by atoms with Crippen LogP contribution in [0.2, 0.25) is 0 Å². The van der Waals surface area contributed by atoms with Crippen LogP contribution >= 0.6 is 0 Å². The highest BCUT2D eigenvalue weighted by Gasteiger charge is 2.17. The van der Waals surface area contributed by atoms with Gasteiger partial charge < -0.3 is 16.4 Å². The number of hydrogen-bond donors (Lipinski definition) is 2. The fourth-order valence-electron chi connectivity index (χ4n) is 1.85. The fourth-order valence-corrected chi connectivity index (χ4v) is 1.85. The van der Waals surface area contributed by atoms with Gasteiger partial charge in [-0.15, -0.1) is 0 Å². The number of hydrogen-bond acceptors (Lipinski definition) is 4. The summed E-state index contributed by atoms with van der Waals surface area (Å²) in [5.41, 5.74) is 12.3. The molecule has 1 atom stereocenters. The Bertz CT molecular complexity index is 369. The van der Waals surface area contributed by atoms with Crippen molar-refractivity contribution in [3.8, 4) is 0 Å². The van der Waals surface area contributed by atoms with Crippen molar-refractivity contribution in [1.29, 1.82) is 0 Å². The second-order valence-corrected chi connectivity index (χ2v) is 4.72. The molecule has 1 heterocycles. The molecule has 0 saturated carbocycles. The Morgan fingerprint density at radius 2 is 2.21 bits per heavy atom. The van der Waals surface area contributed by atoms with E-state index < -0.39 is 6.04 Å². The molecule has 5 heteroatoms. The maximum Gasteiger partial charge on any atom is 0.239 e. The molecule has 0 aliphatic carbocycles. The first-order valence-corrected chi connectivity index (χ1v) is 6.75. The summed E-state index contributed by atoms with van der Waals surface area (Å²) >= 11 is 0. The molecule has 1 rings (SSSR count). The highest BCUT2D eigenvalue weighted by Crippen LogP contribution is 2.03. The van der Waals surface area contributed by atoms with Crippen LogP contribution in [0, 0.1) is 0 Å². The fraction of sp³-hybridized carbons (Fsp3) is 0.571. The largest absolute Gasteiger partial charge is 0.344 e. The van der Waals surface area contributed by atoms with E-state index in [2.05, 4.69) is 4.98 Å². The average molecular weight is 264 g/mol. The predicted molar refractivity (Wildman–Crippen MR) is 76.5 cm³/mol. The Morgan fingerprint density at radius 3 is 2.84 bits per heavy atom. The van der Waals surface area contributed by atoms with Gasteiger partial charge in [0.2, 0.25) is 5.91 Å². The summed E-state index contributed by atoms with van der Waals surface area (Å²) in [4.78, 5) is 17.9. The normalized spacial score (nSPS) is 12.2. The Balaban J connectivity index is 2.31. The lowest BCUT2D eigenvalue weighted by Gasteiger charge is -2.21. The van der Waals surface area contributed by atoms with Crippen molar-refractivity contribution < 1.29 is 4.79 Å². The summed E-state index contributed by atoms with van der Waals surface area (Å²) in [7, 11) is 1.79. The van der Waals surface area contributed by atoms with Gasteiger partial charge in [0.1, 0.15) is 0 Å². The van der Waals surface area contributed by atoms with Crippen molar-refractivity contribution in [3.05, 3.63) is 30.1 Å². The number of aromatic nitrogens is 1. The van der Waals surface area contributed by atoms with Crippen LogP contribution in [0.25, 0.3) is 0 Å². The summed E-state index contributed by atoms with van der Waals surface area (Å²) in [6, 6.07) is 5.37. The molecule has 1 unspecified atom stereocenters. The van der Waals surface area contributed by atoms with Crippen LogP contribution < -0.4 is 11.5 Å². The highest BCUT2D eigenvalue weighted by molar-refractivity contribution is 5.81. The Kier molecular flexibility index (Phi) is 7.07. The lowest BCUT2D eigenvalue weighted by molar-refractivity contribution is -0.131.